The van der Waals surface area contributed by atoms with Gasteiger partial charge in [-0.1, -0.05) is 0 Å². The molecular formula is C14H30IN5O4S. The second-order valence-electron chi connectivity index (χ2n) is 6.49. The maximum atomic E-state index is 12.0. The van der Waals surface area contributed by atoms with Crippen LogP contribution in [0.1, 0.15) is 27.7 Å². The Morgan fingerprint density at radius 3 is 2.20 bits per heavy atom. The third-order valence-electron chi connectivity index (χ3n) is 3.34. The van der Waals surface area contributed by atoms with Gasteiger partial charge in [-0.05, 0) is 27.7 Å². The highest BCUT2D eigenvalue weighted by atomic mass is 127. The Morgan fingerprint density at radius 2 is 1.72 bits per heavy atom. The van der Waals surface area contributed by atoms with Gasteiger partial charge in [-0.3, -0.25) is 4.99 Å². The van der Waals surface area contributed by atoms with Crippen molar-refractivity contribution >= 4 is 46.1 Å². The standard InChI is InChI=1S/C14H29N5O4S.HI/c1-5-24(21,22)17-7-6-16-12(15)18-8-10-19(11-9-18)13(20)23-14(2,3)4;/h17H,5-11H2,1-4H3,(H2,15,16);1H. The number of nitrogens with two attached hydrogens (primary N) is 1. The van der Waals surface area contributed by atoms with E-state index in [1.165, 1.54) is 0 Å². The quantitative estimate of drug-likeness (QED) is 0.249. The van der Waals surface area contributed by atoms with Crippen LogP contribution in [0.2, 0.25) is 0 Å². The van der Waals surface area contributed by atoms with E-state index < -0.39 is 15.6 Å². The zero-order valence-corrected chi connectivity index (χ0v) is 18.5. The first-order chi connectivity index (χ1) is 11.0. The van der Waals surface area contributed by atoms with Gasteiger partial charge >= 0.3 is 6.09 Å². The van der Waals surface area contributed by atoms with Gasteiger partial charge in [0.15, 0.2) is 5.96 Å². The lowest BCUT2D eigenvalue weighted by molar-refractivity contribution is 0.0186. The number of amides is 1. The number of piperazine rings is 1. The summed E-state index contributed by atoms with van der Waals surface area (Å²) >= 11 is 0. The Bertz CT molecular complexity index is 554. The lowest BCUT2D eigenvalue weighted by Crippen LogP contribution is -2.53. The normalized spacial score (nSPS) is 16.4. The minimum absolute atomic E-state index is 0. The topological polar surface area (TPSA) is 117 Å². The minimum Gasteiger partial charge on any atom is -0.444 e. The van der Waals surface area contributed by atoms with E-state index in [1.807, 2.05) is 25.7 Å². The van der Waals surface area contributed by atoms with Gasteiger partial charge in [0.25, 0.3) is 0 Å². The van der Waals surface area contributed by atoms with Crippen molar-refractivity contribution in [2.24, 2.45) is 10.7 Å². The fourth-order valence-electron chi connectivity index (χ4n) is 2.02. The number of carbonyl (C=O) groups excluding carboxylic acids is 1. The molecule has 1 aliphatic rings. The van der Waals surface area contributed by atoms with Gasteiger partial charge in [-0.15, -0.1) is 24.0 Å². The summed E-state index contributed by atoms with van der Waals surface area (Å²) in [5.41, 5.74) is 5.40. The van der Waals surface area contributed by atoms with Crippen LogP contribution in [0.4, 0.5) is 4.79 Å². The van der Waals surface area contributed by atoms with Crippen LogP contribution in [0.15, 0.2) is 4.99 Å². The van der Waals surface area contributed by atoms with E-state index in [0.29, 0.717) is 32.1 Å². The van der Waals surface area contributed by atoms with Gasteiger partial charge in [-0.2, -0.15) is 0 Å². The number of ether oxygens (including phenoxy) is 1. The maximum Gasteiger partial charge on any atom is 0.410 e. The molecule has 148 valence electrons. The third kappa shape index (κ3) is 9.45. The van der Waals surface area contributed by atoms with E-state index in [9.17, 15) is 13.2 Å². The molecule has 9 nitrogen and oxygen atoms in total. The molecule has 3 N–H and O–H groups in total. The molecule has 0 atom stereocenters. The second-order valence-corrected chi connectivity index (χ2v) is 8.59. The van der Waals surface area contributed by atoms with Crippen LogP contribution in [-0.2, 0) is 14.8 Å². The molecule has 0 bridgehead atoms. The fraction of sp³-hybridized carbons (Fsp3) is 0.857. The molecule has 1 fully saturated rings. The summed E-state index contributed by atoms with van der Waals surface area (Å²) in [6.45, 7) is 9.71. The molecule has 1 heterocycles. The van der Waals surface area contributed by atoms with Crippen molar-refractivity contribution in [1.82, 2.24) is 14.5 Å². The van der Waals surface area contributed by atoms with Gasteiger partial charge in [0.1, 0.15) is 5.60 Å². The van der Waals surface area contributed by atoms with Crippen LogP contribution in [0.3, 0.4) is 0 Å². The second kappa shape index (κ2) is 10.4. The SMILES string of the molecule is CCS(=O)(=O)NCCN=C(N)N1CCN(C(=O)OC(C)(C)C)CC1.I. The molecule has 0 aromatic carbocycles. The lowest BCUT2D eigenvalue weighted by atomic mass is 10.2. The zero-order valence-electron chi connectivity index (χ0n) is 15.3. The molecule has 0 aliphatic carbocycles. The van der Waals surface area contributed by atoms with E-state index in [1.54, 1.807) is 11.8 Å². The molecule has 1 aliphatic heterocycles. The Kier molecular flexibility index (Phi) is 10.0. The van der Waals surface area contributed by atoms with Crippen LogP contribution in [0.25, 0.3) is 0 Å². The summed E-state index contributed by atoms with van der Waals surface area (Å²) in [4.78, 5) is 19.7. The van der Waals surface area contributed by atoms with Gasteiger partial charge < -0.3 is 20.3 Å². The Hall–Kier alpha value is -0.820. The van der Waals surface area contributed by atoms with Crippen LogP contribution >= 0.6 is 24.0 Å². The molecule has 0 saturated carbocycles. The number of nitrogens with zero attached hydrogens (tertiary/aromatic N) is 3. The Labute approximate surface area is 167 Å². The van der Waals surface area contributed by atoms with Crippen molar-refractivity contribution in [1.29, 1.82) is 0 Å². The van der Waals surface area contributed by atoms with Gasteiger partial charge in [0, 0.05) is 32.7 Å². The average Bonchev–Trinajstić information content (AvgIpc) is 2.50. The number of rotatable bonds is 5. The summed E-state index contributed by atoms with van der Waals surface area (Å²) in [6, 6.07) is 0. The van der Waals surface area contributed by atoms with Crippen LogP contribution in [0, 0.1) is 0 Å². The highest BCUT2D eigenvalue weighted by molar-refractivity contribution is 14.0. The van der Waals surface area contributed by atoms with Crippen LogP contribution in [-0.4, -0.2) is 80.9 Å². The predicted molar refractivity (Wildman–Crippen MR) is 109 cm³/mol. The number of aliphatic imine (C=N–C) groups is 1. The number of guanidine groups is 1. The minimum atomic E-state index is -3.21. The molecular weight excluding hydrogens is 461 g/mol. The van der Waals surface area contributed by atoms with Crippen molar-refractivity contribution in [3.8, 4) is 0 Å². The van der Waals surface area contributed by atoms with E-state index in [2.05, 4.69) is 9.71 Å². The molecule has 0 aromatic heterocycles. The van der Waals surface area contributed by atoms with Crippen molar-refractivity contribution in [2.75, 3.05) is 45.0 Å². The number of carbonyl (C=O) groups is 1. The van der Waals surface area contributed by atoms with E-state index >= 15 is 0 Å². The van der Waals surface area contributed by atoms with E-state index in [-0.39, 0.29) is 48.9 Å². The third-order valence-corrected chi connectivity index (χ3v) is 4.75. The largest absolute Gasteiger partial charge is 0.444 e. The number of halogens is 1. The molecule has 11 heteroatoms. The molecule has 1 amide bonds. The van der Waals surface area contributed by atoms with Crippen LogP contribution in [0.5, 0.6) is 0 Å². The summed E-state index contributed by atoms with van der Waals surface area (Å²) in [5, 5.41) is 0. The molecule has 0 unspecified atom stereocenters. The molecule has 1 rings (SSSR count). The summed E-state index contributed by atoms with van der Waals surface area (Å²) in [6.07, 6.45) is -0.327. The highest BCUT2D eigenvalue weighted by Gasteiger charge is 2.26. The Morgan fingerprint density at radius 1 is 1.20 bits per heavy atom. The first kappa shape index (κ1) is 24.2. The summed E-state index contributed by atoms with van der Waals surface area (Å²) in [7, 11) is -3.21. The van der Waals surface area contributed by atoms with Crippen molar-refractivity contribution < 1.29 is 17.9 Å². The fourth-order valence-corrected chi connectivity index (χ4v) is 2.62. The maximum absolute atomic E-state index is 12.0. The predicted octanol–water partition coefficient (Wildman–Crippen LogP) is 0.411. The average molecular weight is 491 g/mol. The van der Waals surface area contributed by atoms with Gasteiger partial charge in [0.05, 0.1) is 12.3 Å². The van der Waals surface area contributed by atoms with E-state index in [4.69, 9.17) is 10.5 Å². The molecule has 0 aromatic rings. The zero-order chi connectivity index (χ0) is 18.4. The number of sulfonamides is 1. The van der Waals surface area contributed by atoms with Gasteiger partial charge in [0.2, 0.25) is 10.0 Å². The summed E-state index contributed by atoms with van der Waals surface area (Å²) in [5.74, 6) is 0.397. The number of hydrogen-bond acceptors (Lipinski definition) is 5. The number of hydrogen-bond donors (Lipinski definition) is 2. The summed E-state index contributed by atoms with van der Waals surface area (Å²) < 4.78 is 30.4. The van der Waals surface area contributed by atoms with Crippen molar-refractivity contribution in [3.63, 3.8) is 0 Å². The number of nitrogens with one attached hydrogen (secondary N) is 1. The van der Waals surface area contributed by atoms with Crippen molar-refractivity contribution in [3.05, 3.63) is 0 Å². The smallest absolute Gasteiger partial charge is 0.410 e. The highest BCUT2D eigenvalue weighted by Crippen LogP contribution is 2.11. The first-order valence-corrected chi connectivity index (χ1v) is 9.69. The lowest BCUT2D eigenvalue weighted by Gasteiger charge is -2.36. The van der Waals surface area contributed by atoms with Crippen molar-refractivity contribution in [2.45, 2.75) is 33.3 Å². The van der Waals surface area contributed by atoms with Crippen LogP contribution < -0.4 is 10.5 Å². The van der Waals surface area contributed by atoms with E-state index in [0.717, 1.165) is 0 Å². The molecule has 0 spiro atoms. The molecule has 1 saturated heterocycles. The first-order valence-electron chi connectivity index (χ1n) is 8.04. The Balaban J connectivity index is 0.00000576. The molecule has 25 heavy (non-hydrogen) atoms. The monoisotopic (exact) mass is 491 g/mol. The van der Waals surface area contributed by atoms with Gasteiger partial charge in [-0.25, -0.2) is 17.9 Å². The molecule has 0 radical (unpaired) electrons.